The van der Waals surface area contributed by atoms with Gasteiger partial charge in [0.25, 0.3) is 0 Å². The summed E-state index contributed by atoms with van der Waals surface area (Å²) in [5.74, 6) is 0. The minimum atomic E-state index is 0.823. The topological polar surface area (TPSA) is 8.17 Å². The zero-order chi connectivity index (χ0) is 28.3. The Kier molecular flexibility index (Phi) is 7.03. The van der Waals surface area contributed by atoms with Gasteiger partial charge in [-0.15, -0.1) is 0 Å². The van der Waals surface area contributed by atoms with Crippen molar-refractivity contribution in [1.29, 1.82) is 0 Å². The van der Waals surface area contributed by atoms with E-state index >= 15 is 0 Å². The van der Waals surface area contributed by atoms with E-state index in [2.05, 4.69) is 168 Å². The summed E-state index contributed by atoms with van der Waals surface area (Å²) in [4.78, 5) is 2.37. The van der Waals surface area contributed by atoms with E-state index in [-0.39, 0.29) is 0 Å². The molecule has 0 unspecified atom stereocenters. The van der Waals surface area contributed by atoms with Crippen LogP contribution >= 0.6 is 0 Å². The fraction of sp³-hybridized carbons (Fsp3) is 0.100. The van der Waals surface area contributed by atoms with E-state index in [1.807, 2.05) is 0 Å². The van der Waals surface area contributed by atoms with E-state index in [1.54, 1.807) is 0 Å². The molecule has 5 aromatic carbocycles. The lowest BCUT2D eigenvalue weighted by atomic mass is 9.95. The van der Waals surface area contributed by atoms with Gasteiger partial charge in [0, 0.05) is 34.4 Å². The van der Waals surface area contributed by atoms with Crippen LogP contribution in [0.1, 0.15) is 25.3 Å². The molecule has 1 aliphatic carbocycles. The number of aromatic nitrogens is 1. The maximum atomic E-state index is 2.43. The second-order valence-electron chi connectivity index (χ2n) is 10.8. The highest BCUT2D eigenvalue weighted by Gasteiger charge is 2.16. The Morgan fingerprint density at radius 2 is 1.17 bits per heavy atom. The maximum Gasteiger partial charge on any atom is 0.0540 e. The minimum Gasteiger partial charge on any atom is -0.338 e. The Hall–Kier alpha value is -5.08. The van der Waals surface area contributed by atoms with Gasteiger partial charge in [0.05, 0.1) is 11.0 Å². The van der Waals surface area contributed by atoms with Gasteiger partial charge in [-0.25, -0.2) is 0 Å². The fourth-order valence-electron chi connectivity index (χ4n) is 6.16. The second-order valence-corrected chi connectivity index (χ2v) is 10.8. The highest BCUT2D eigenvalue weighted by molar-refractivity contribution is 6.10. The molecule has 0 radical (unpaired) electrons. The third-order valence-electron chi connectivity index (χ3n) is 8.29. The Labute approximate surface area is 248 Å². The van der Waals surface area contributed by atoms with Crippen molar-refractivity contribution in [2.45, 2.75) is 19.8 Å². The molecule has 0 bridgehead atoms. The predicted molar refractivity (Wildman–Crippen MR) is 181 cm³/mol. The van der Waals surface area contributed by atoms with Crippen molar-refractivity contribution in [2.75, 3.05) is 11.4 Å². The summed E-state index contributed by atoms with van der Waals surface area (Å²) in [6.45, 7) is 2.90. The highest BCUT2D eigenvalue weighted by atomic mass is 15.1. The summed E-state index contributed by atoms with van der Waals surface area (Å²) >= 11 is 0. The molecule has 204 valence electrons. The molecule has 0 aliphatic heterocycles. The number of anilines is 2. The number of hydrogen-bond donors (Lipinski definition) is 0. The van der Waals surface area contributed by atoms with Crippen molar-refractivity contribution >= 4 is 44.5 Å². The standard InChI is InChI=1S/C40H34N2/c1-2-3-28-41(34-24-20-31(21-25-34)30-12-5-4-6-13-30)35-26-22-32(23-27-35)33-14-11-15-36(29-33)42-39-18-9-7-16-37(39)38-17-8-10-19-40(38)42/h2-10,12-13,15-27,29H,11,14,28H2,1H3/b3-2-. The van der Waals surface area contributed by atoms with Crippen LogP contribution in [0, 0.1) is 0 Å². The van der Waals surface area contributed by atoms with Gasteiger partial charge in [-0.3, -0.25) is 0 Å². The van der Waals surface area contributed by atoms with Crippen LogP contribution in [-0.2, 0) is 0 Å². The third-order valence-corrected chi connectivity index (χ3v) is 8.29. The Balaban J connectivity index is 1.20. The van der Waals surface area contributed by atoms with Crippen LogP contribution in [0.2, 0.25) is 0 Å². The first-order valence-corrected chi connectivity index (χ1v) is 14.8. The van der Waals surface area contributed by atoms with Crippen molar-refractivity contribution in [1.82, 2.24) is 4.57 Å². The van der Waals surface area contributed by atoms with Crippen molar-refractivity contribution < 1.29 is 0 Å². The van der Waals surface area contributed by atoms with E-state index in [4.69, 9.17) is 0 Å². The molecular formula is C40H34N2. The van der Waals surface area contributed by atoms with E-state index < -0.39 is 0 Å². The maximum absolute atomic E-state index is 2.43. The molecule has 0 N–H and O–H groups in total. The molecule has 0 atom stereocenters. The monoisotopic (exact) mass is 542 g/mol. The van der Waals surface area contributed by atoms with Crippen LogP contribution < -0.4 is 4.90 Å². The van der Waals surface area contributed by atoms with Gasteiger partial charge in [-0.05, 0) is 84.5 Å². The third kappa shape index (κ3) is 4.86. The Morgan fingerprint density at radius 1 is 0.619 bits per heavy atom. The van der Waals surface area contributed by atoms with Gasteiger partial charge in [0.1, 0.15) is 0 Å². The lowest BCUT2D eigenvalue weighted by molar-refractivity contribution is 1.03. The number of nitrogens with zero attached hydrogens (tertiary/aromatic N) is 2. The summed E-state index contributed by atoms with van der Waals surface area (Å²) < 4.78 is 2.43. The van der Waals surface area contributed by atoms with Gasteiger partial charge in [-0.1, -0.05) is 109 Å². The summed E-state index contributed by atoms with van der Waals surface area (Å²) in [7, 11) is 0. The molecule has 42 heavy (non-hydrogen) atoms. The van der Waals surface area contributed by atoms with Crippen LogP contribution in [-0.4, -0.2) is 11.1 Å². The predicted octanol–water partition coefficient (Wildman–Crippen LogP) is 10.9. The number of allylic oxidation sites excluding steroid dienone is 5. The molecule has 0 saturated heterocycles. The van der Waals surface area contributed by atoms with E-state index in [9.17, 15) is 0 Å². The number of rotatable bonds is 7. The van der Waals surface area contributed by atoms with Gasteiger partial charge in [0.2, 0.25) is 0 Å². The first-order valence-electron chi connectivity index (χ1n) is 14.8. The average molecular weight is 543 g/mol. The lowest BCUT2D eigenvalue weighted by Crippen LogP contribution is -2.16. The zero-order valence-corrected chi connectivity index (χ0v) is 23.9. The molecule has 2 heteroatoms. The van der Waals surface area contributed by atoms with Gasteiger partial charge < -0.3 is 9.47 Å². The first kappa shape index (κ1) is 25.9. The molecule has 0 saturated carbocycles. The van der Waals surface area contributed by atoms with Gasteiger partial charge in [-0.2, -0.15) is 0 Å². The number of fused-ring (bicyclic) bond motifs is 3. The molecule has 1 aromatic heterocycles. The van der Waals surface area contributed by atoms with Crippen LogP contribution in [0.25, 0.3) is 44.2 Å². The molecular weight excluding hydrogens is 508 g/mol. The molecule has 0 spiro atoms. The van der Waals surface area contributed by atoms with Crippen LogP contribution in [0.15, 0.2) is 152 Å². The number of hydrogen-bond acceptors (Lipinski definition) is 1. The first-order chi connectivity index (χ1) is 20.8. The quantitative estimate of drug-likeness (QED) is 0.182. The summed E-state index contributed by atoms with van der Waals surface area (Å²) in [5.41, 5.74) is 11.3. The Bertz CT molecular complexity index is 1880. The van der Waals surface area contributed by atoms with Crippen LogP contribution in [0.4, 0.5) is 11.4 Å². The normalized spacial score (nSPS) is 13.5. The molecule has 1 heterocycles. The number of para-hydroxylation sites is 2. The van der Waals surface area contributed by atoms with Crippen LogP contribution in [0.3, 0.4) is 0 Å². The van der Waals surface area contributed by atoms with E-state index in [0.717, 1.165) is 19.4 Å². The fourth-order valence-corrected chi connectivity index (χ4v) is 6.16. The number of benzene rings is 5. The van der Waals surface area contributed by atoms with Gasteiger partial charge >= 0.3 is 0 Å². The molecule has 1 aliphatic rings. The van der Waals surface area contributed by atoms with Crippen LogP contribution in [0.5, 0.6) is 0 Å². The smallest absolute Gasteiger partial charge is 0.0540 e. The Morgan fingerprint density at radius 3 is 1.79 bits per heavy atom. The summed E-state index contributed by atoms with van der Waals surface area (Å²) in [6, 6.07) is 46.0. The van der Waals surface area contributed by atoms with Crippen molar-refractivity contribution in [3.05, 3.63) is 157 Å². The summed E-state index contributed by atoms with van der Waals surface area (Å²) in [5, 5.41) is 2.61. The SMILES string of the molecule is C/C=C\CN(c1ccc(C2=CC(n3c4ccccc4c4ccccc43)=CCC2)cc1)c1ccc(-c2ccccc2)cc1. The lowest BCUT2D eigenvalue weighted by Gasteiger charge is -2.25. The van der Waals surface area contributed by atoms with E-state index in [0.29, 0.717) is 0 Å². The van der Waals surface area contributed by atoms with E-state index in [1.165, 1.54) is 61.1 Å². The molecule has 0 amide bonds. The minimum absolute atomic E-state index is 0.823. The van der Waals surface area contributed by atoms with Gasteiger partial charge in [0.15, 0.2) is 0 Å². The molecule has 2 nitrogen and oxygen atoms in total. The second kappa shape index (κ2) is 11.4. The van der Waals surface area contributed by atoms with Crippen molar-refractivity contribution in [3.63, 3.8) is 0 Å². The average Bonchev–Trinajstić information content (AvgIpc) is 3.40. The molecule has 6 aromatic rings. The molecule has 0 fully saturated rings. The highest BCUT2D eigenvalue weighted by Crippen LogP contribution is 2.37. The van der Waals surface area contributed by atoms with Crippen molar-refractivity contribution in [3.8, 4) is 11.1 Å². The van der Waals surface area contributed by atoms with Crippen molar-refractivity contribution in [2.24, 2.45) is 0 Å². The summed E-state index contributed by atoms with van der Waals surface area (Å²) in [6.07, 6.45) is 11.2. The molecule has 7 rings (SSSR count). The zero-order valence-electron chi connectivity index (χ0n) is 23.9. The largest absolute Gasteiger partial charge is 0.338 e.